The molecule has 0 saturated heterocycles. The zero-order valence-corrected chi connectivity index (χ0v) is 10.8. The van der Waals surface area contributed by atoms with Crippen LogP contribution in [0, 0.1) is 6.92 Å². The number of primary amides is 1. The van der Waals surface area contributed by atoms with Crippen molar-refractivity contribution in [3.05, 3.63) is 39.8 Å². The second kappa shape index (κ2) is 5.05. The highest BCUT2D eigenvalue weighted by molar-refractivity contribution is 7.11. The smallest absolute Gasteiger partial charge is 0.250 e. The number of carbonyl (C=O) groups excluding carboxylic acids is 1. The maximum atomic E-state index is 11.2. The third-order valence-electron chi connectivity index (χ3n) is 2.43. The van der Waals surface area contributed by atoms with Gasteiger partial charge in [-0.2, -0.15) is 0 Å². The van der Waals surface area contributed by atoms with Crippen molar-refractivity contribution in [1.82, 2.24) is 4.98 Å². The molecule has 0 atom stereocenters. The van der Waals surface area contributed by atoms with Gasteiger partial charge in [0.1, 0.15) is 5.01 Å². The standard InChI is InChI=1S/C12H14N4OS/c1-7-5-16-11(18-7)6-15-8-2-3-10(13)9(4-8)12(14)17/h2-5,15H,6,13H2,1H3,(H2,14,17). The molecule has 0 aliphatic rings. The number of rotatable bonds is 4. The number of hydrogen-bond donors (Lipinski definition) is 3. The minimum atomic E-state index is -0.527. The lowest BCUT2D eigenvalue weighted by Gasteiger charge is -2.07. The van der Waals surface area contributed by atoms with Gasteiger partial charge in [-0.05, 0) is 25.1 Å². The number of anilines is 2. The summed E-state index contributed by atoms with van der Waals surface area (Å²) in [6.07, 6.45) is 1.83. The van der Waals surface area contributed by atoms with Crippen LogP contribution >= 0.6 is 11.3 Å². The van der Waals surface area contributed by atoms with E-state index in [1.807, 2.05) is 19.2 Å². The van der Waals surface area contributed by atoms with E-state index in [1.54, 1.807) is 23.5 Å². The Morgan fingerprint density at radius 1 is 1.50 bits per heavy atom. The highest BCUT2D eigenvalue weighted by Gasteiger charge is 2.07. The highest BCUT2D eigenvalue weighted by atomic mass is 32.1. The number of amides is 1. The summed E-state index contributed by atoms with van der Waals surface area (Å²) in [5.74, 6) is -0.527. The molecule has 0 radical (unpaired) electrons. The summed E-state index contributed by atoms with van der Waals surface area (Å²) in [6, 6.07) is 5.12. The van der Waals surface area contributed by atoms with Crippen molar-refractivity contribution in [3.8, 4) is 0 Å². The quantitative estimate of drug-likeness (QED) is 0.731. The molecule has 94 valence electrons. The predicted octanol–water partition coefficient (Wildman–Crippen LogP) is 1.74. The molecule has 1 aromatic carbocycles. The van der Waals surface area contributed by atoms with Crippen LogP contribution in [-0.4, -0.2) is 10.9 Å². The van der Waals surface area contributed by atoms with E-state index in [9.17, 15) is 4.79 Å². The van der Waals surface area contributed by atoms with E-state index in [2.05, 4.69) is 10.3 Å². The van der Waals surface area contributed by atoms with Crippen LogP contribution in [0.3, 0.4) is 0 Å². The Bertz CT molecular complexity index is 579. The molecule has 1 amide bonds. The molecule has 6 heteroatoms. The van der Waals surface area contributed by atoms with Crippen LogP contribution in [0.2, 0.25) is 0 Å². The average Bonchev–Trinajstić information content (AvgIpc) is 2.74. The summed E-state index contributed by atoms with van der Waals surface area (Å²) < 4.78 is 0. The molecule has 0 spiro atoms. The van der Waals surface area contributed by atoms with Crippen LogP contribution < -0.4 is 16.8 Å². The second-order valence-electron chi connectivity index (χ2n) is 3.88. The molecule has 1 aromatic heterocycles. The van der Waals surface area contributed by atoms with Crippen LogP contribution in [0.5, 0.6) is 0 Å². The van der Waals surface area contributed by atoms with Gasteiger partial charge >= 0.3 is 0 Å². The lowest BCUT2D eigenvalue weighted by molar-refractivity contribution is 0.100. The molecule has 5 nitrogen and oxygen atoms in total. The zero-order chi connectivity index (χ0) is 13.1. The van der Waals surface area contributed by atoms with E-state index in [4.69, 9.17) is 11.5 Å². The lowest BCUT2D eigenvalue weighted by atomic mass is 10.1. The molecular formula is C12H14N4OS. The summed E-state index contributed by atoms with van der Waals surface area (Å²) in [5, 5.41) is 4.17. The molecule has 1 heterocycles. The molecule has 0 aliphatic heterocycles. The number of benzene rings is 1. The van der Waals surface area contributed by atoms with Gasteiger partial charge in [0.15, 0.2) is 0 Å². The number of thiazole rings is 1. The van der Waals surface area contributed by atoms with Gasteiger partial charge in [-0.1, -0.05) is 0 Å². The maximum Gasteiger partial charge on any atom is 0.250 e. The first-order chi connectivity index (χ1) is 8.56. The Labute approximate surface area is 109 Å². The van der Waals surface area contributed by atoms with Crippen molar-refractivity contribution < 1.29 is 4.79 Å². The topological polar surface area (TPSA) is 94.0 Å². The van der Waals surface area contributed by atoms with Gasteiger partial charge in [0.25, 0.3) is 5.91 Å². The number of carbonyl (C=O) groups is 1. The Balaban J connectivity index is 2.10. The Morgan fingerprint density at radius 2 is 2.28 bits per heavy atom. The summed E-state index contributed by atoms with van der Waals surface area (Å²) in [5.41, 5.74) is 12.4. The molecular weight excluding hydrogens is 248 g/mol. The number of nitrogen functional groups attached to an aromatic ring is 1. The third-order valence-corrected chi connectivity index (χ3v) is 3.34. The largest absolute Gasteiger partial charge is 0.398 e. The molecule has 18 heavy (non-hydrogen) atoms. The second-order valence-corrected chi connectivity index (χ2v) is 5.20. The van der Waals surface area contributed by atoms with Gasteiger partial charge in [0.05, 0.1) is 12.1 Å². The van der Waals surface area contributed by atoms with E-state index < -0.39 is 5.91 Å². The Hall–Kier alpha value is -2.08. The monoisotopic (exact) mass is 262 g/mol. The first-order valence-electron chi connectivity index (χ1n) is 5.41. The fourth-order valence-corrected chi connectivity index (χ4v) is 2.27. The SMILES string of the molecule is Cc1cnc(CNc2ccc(N)c(C(N)=O)c2)s1. The summed E-state index contributed by atoms with van der Waals surface area (Å²) in [4.78, 5) is 16.6. The van der Waals surface area contributed by atoms with Crippen LogP contribution in [0.15, 0.2) is 24.4 Å². The van der Waals surface area contributed by atoms with Crippen LogP contribution in [0.1, 0.15) is 20.2 Å². The van der Waals surface area contributed by atoms with E-state index in [1.165, 1.54) is 4.88 Å². The number of nitrogens with two attached hydrogens (primary N) is 2. The van der Waals surface area contributed by atoms with Gasteiger partial charge in [0, 0.05) is 22.4 Å². The van der Waals surface area contributed by atoms with Gasteiger partial charge in [-0.15, -0.1) is 11.3 Å². The molecule has 2 aromatic rings. The molecule has 0 bridgehead atoms. The van der Waals surface area contributed by atoms with Crippen molar-refractivity contribution in [2.24, 2.45) is 5.73 Å². The van der Waals surface area contributed by atoms with Crippen LogP contribution in [0.4, 0.5) is 11.4 Å². The molecule has 0 aliphatic carbocycles. The van der Waals surface area contributed by atoms with Crippen molar-refractivity contribution in [3.63, 3.8) is 0 Å². The fourth-order valence-electron chi connectivity index (χ4n) is 1.54. The normalized spacial score (nSPS) is 10.3. The lowest BCUT2D eigenvalue weighted by Crippen LogP contribution is -2.14. The van der Waals surface area contributed by atoms with E-state index >= 15 is 0 Å². The zero-order valence-electron chi connectivity index (χ0n) is 9.93. The van der Waals surface area contributed by atoms with Crippen LogP contribution in [0.25, 0.3) is 0 Å². The van der Waals surface area contributed by atoms with E-state index in [-0.39, 0.29) is 0 Å². The van der Waals surface area contributed by atoms with Crippen molar-refractivity contribution in [1.29, 1.82) is 0 Å². The molecule has 2 rings (SSSR count). The minimum Gasteiger partial charge on any atom is -0.398 e. The minimum absolute atomic E-state index is 0.329. The van der Waals surface area contributed by atoms with Gasteiger partial charge in [-0.25, -0.2) is 4.98 Å². The first kappa shape index (κ1) is 12.4. The van der Waals surface area contributed by atoms with Gasteiger partial charge in [-0.3, -0.25) is 4.79 Å². The van der Waals surface area contributed by atoms with E-state index in [0.29, 0.717) is 17.8 Å². The Kier molecular flexibility index (Phi) is 3.47. The molecule has 0 unspecified atom stereocenters. The van der Waals surface area contributed by atoms with Crippen LogP contribution in [-0.2, 0) is 6.54 Å². The fraction of sp³-hybridized carbons (Fsp3) is 0.167. The number of hydrogen-bond acceptors (Lipinski definition) is 5. The number of aromatic nitrogens is 1. The Morgan fingerprint density at radius 3 is 2.89 bits per heavy atom. The van der Waals surface area contributed by atoms with Gasteiger partial charge in [0.2, 0.25) is 0 Å². The van der Waals surface area contributed by atoms with Gasteiger partial charge < -0.3 is 16.8 Å². The van der Waals surface area contributed by atoms with Crippen molar-refractivity contribution in [2.75, 3.05) is 11.1 Å². The summed E-state index contributed by atoms with van der Waals surface area (Å²) in [6.45, 7) is 2.62. The first-order valence-corrected chi connectivity index (χ1v) is 6.22. The van der Waals surface area contributed by atoms with Crippen molar-refractivity contribution >= 4 is 28.6 Å². The third kappa shape index (κ3) is 2.78. The molecule has 5 N–H and O–H groups in total. The maximum absolute atomic E-state index is 11.2. The number of nitrogens with one attached hydrogen (secondary N) is 1. The van der Waals surface area contributed by atoms with Crippen molar-refractivity contribution in [2.45, 2.75) is 13.5 Å². The summed E-state index contributed by atoms with van der Waals surface area (Å²) in [7, 11) is 0. The number of aryl methyl sites for hydroxylation is 1. The van der Waals surface area contributed by atoms with E-state index in [0.717, 1.165) is 10.7 Å². The average molecular weight is 262 g/mol. The molecule has 0 fully saturated rings. The highest BCUT2D eigenvalue weighted by Crippen LogP contribution is 2.19. The number of nitrogens with zero attached hydrogens (tertiary/aromatic N) is 1. The summed E-state index contributed by atoms with van der Waals surface area (Å²) >= 11 is 1.63. The molecule has 0 saturated carbocycles. The predicted molar refractivity (Wildman–Crippen MR) is 73.6 cm³/mol.